The number of Topliss-reactive ketones (excluding diaryl/α,β-unsaturated/α-hetero) is 1. The zero-order chi connectivity index (χ0) is 18.4. The van der Waals surface area contributed by atoms with Gasteiger partial charge in [-0.1, -0.05) is 37.9 Å². The first-order valence-corrected chi connectivity index (χ1v) is 10.9. The highest BCUT2D eigenvalue weighted by molar-refractivity contribution is 5.96. The first-order chi connectivity index (χ1) is 12.5. The highest BCUT2D eigenvalue weighted by Crippen LogP contribution is 2.64. The zero-order valence-corrected chi connectivity index (χ0v) is 16.9. The minimum atomic E-state index is -0.00680. The molecule has 0 heterocycles. The maximum absolute atomic E-state index is 12.5. The number of nitrogens with zero attached hydrogens (tertiary/aromatic N) is 1. The molecule has 0 amide bonds. The van der Waals surface area contributed by atoms with E-state index >= 15 is 0 Å². The second kappa shape index (κ2) is 6.80. The molecule has 5 atom stereocenters. The van der Waals surface area contributed by atoms with Gasteiger partial charge >= 0.3 is 0 Å². The van der Waals surface area contributed by atoms with Crippen LogP contribution in [-0.2, 0) is 9.63 Å². The fourth-order valence-corrected chi connectivity index (χ4v) is 6.75. The van der Waals surface area contributed by atoms with Crippen LogP contribution in [0.25, 0.3) is 0 Å². The Hall–Kier alpha value is -1.12. The lowest BCUT2D eigenvalue weighted by Crippen LogP contribution is -2.50. The van der Waals surface area contributed by atoms with E-state index in [1.807, 2.05) is 0 Å². The highest BCUT2D eigenvalue weighted by atomic mass is 16.6. The molecule has 3 fully saturated rings. The van der Waals surface area contributed by atoms with Crippen LogP contribution in [0.5, 0.6) is 0 Å². The average Bonchev–Trinajstić information content (AvgIpc) is 2.94. The number of oxime groups is 1. The second-order valence-corrected chi connectivity index (χ2v) is 9.69. The summed E-state index contributed by atoms with van der Waals surface area (Å²) in [6.07, 6.45) is 13.6. The monoisotopic (exact) mass is 357 g/mol. The van der Waals surface area contributed by atoms with Gasteiger partial charge in [0.2, 0.25) is 0 Å². The fourth-order valence-electron chi connectivity index (χ4n) is 6.75. The molecular weight excluding hydrogens is 322 g/mol. The van der Waals surface area contributed by atoms with Gasteiger partial charge in [0, 0.05) is 11.8 Å². The smallest absolute Gasteiger partial charge is 0.139 e. The maximum Gasteiger partial charge on any atom is 0.139 e. The van der Waals surface area contributed by atoms with E-state index in [1.165, 1.54) is 25.7 Å². The van der Waals surface area contributed by atoms with Crippen LogP contribution in [0.2, 0.25) is 0 Å². The van der Waals surface area contributed by atoms with E-state index in [0.29, 0.717) is 17.1 Å². The molecule has 4 aliphatic rings. The molecule has 0 aliphatic heterocycles. The van der Waals surface area contributed by atoms with Gasteiger partial charge in [-0.2, -0.15) is 0 Å². The quantitative estimate of drug-likeness (QED) is 0.479. The van der Waals surface area contributed by atoms with Crippen LogP contribution in [0.1, 0.15) is 85.0 Å². The van der Waals surface area contributed by atoms with E-state index in [1.54, 1.807) is 5.57 Å². The van der Waals surface area contributed by atoms with Crippen molar-refractivity contribution in [3.63, 3.8) is 0 Å². The van der Waals surface area contributed by atoms with Gasteiger partial charge in [0.25, 0.3) is 0 Å². The van der Waals surface area contributed by atoms with Crippen molar-refractivity contribution in [2.24, 2.45) is 33.7 Å². The van der Waals surface area contributed by atoms with Gasteiger partial charge in [-0.25, -0.2) is 0 Å². The van der Waals surface area contributed by atoms with Crippen LogP contribution in [0.4, 0.5) is 0 Å². The van der Waals surface area contributed by atoms with Gasteiger partial charge < -0.3 is 4.84 Å². The van der Waals surface area contributed by atoms with E-state index in [2.05, 4.69) is 32.0 Å². The molecular formula is C23H35NO2. The first kappa shape index (κ1) is 18.3. The third-order valence-electron chi connectivity index (χ3n) is 8.46. The summed E-state index contributed by atoms with van der Waals surface area (Å²) in [5.74, 6) is 2.70. The van der Waals surface area contributed by atoms with E-state index in [4.69, 9.17) is 4.84 Å². The van der Waals surface area contributed by atoms with Crippen molar-refractivity contribution < 1.29 is 9.63 Å². The molecule has 0 bridgehead atoms. The molecule has 0 aromatic carbocycles. The Morgan fingerprint density at radius 1 is 1.08 bits per heavy atom. The molecule has 0 aromatic rings. The predicted octanol–water partition coefficient (Wildman–Crippen LogP) is 5.69. The molecule has 26 heavy (non-hydrogen) atoms. The summed E-state index contributed by atoms with van der Waals surface area (Å²) in [6, 6.07) is 0. The number of carbonyl (C=O) groups excluding carboxylic acids is 1. The van der Waals surface area contributed by atoms with Crippen molar-refractivity contribution in [3.8, 4) is 0 Å². The van der Waals surface area contributed by atoms with Crippen molar-refractivity contribution in [3.05, 3.63) is 11.6 Å². The second-order valence-electron chi connectivity index (χ2n) is 9.69. The van der Waals surface area contributed by atoms with E-state index < -0.39 is 0 Å². The number of hydrogen-bond acceptors (Lipinski definition) is 3. The summed E-state index contributed by atoms with van der Waals surface area (Å²) in [6.45, 7) is 7.69. The van der Waals surface area contributed by atoms with Gasteiger partial charge in [0.1, 0.15) is 12.4 Å². The molecule has 3 unspecified atom stereocenters. The maximum atomic E-state index is 12.5. The number of hydrogen-bond donors (Lipinski definition) is 0. The zero-order valence-electron chi connectivity index (χ0n) is 16.9. The van der Waals surface area contributed by atoms with Gasteiger partial charge in [0.15, 0.2) is 0 Å². The molecule has 0 N–H and O–H groups in total. The van der Waals surface area contributed by atoms with E-state index in [0.717, 1.165) is 62.7 Å². The molecule has 4 rings (SSSR count). The Morgan fingerprint density at radius 2 is 1.88 bits per heavy atom. The lowest BCUT2D eigenvalue weighted by Gasteiger charge is -2.57. The van der Waals surface area contributed by atoms with Crippen LogP contribution in [0.15, 0.2) is 16.8 Å². The fraction of sp³-hybridized carbons (Fsp3) is 0.826. The molecule has 144 valence electrons. The molecule has 3 nitrogen and oxygen atoms in total. The van der Waals surface area contributed by atoms with Crippen molar-refractivity contribution >= 4 is 11.5 Å². The van der Waals surface area contributed by atoms with Crippen LogP contribution < -0.4 is 0 Å². The summed E-state index contributed by atoms with van der Waals surface area (Å²) in [7, 11) is 0. The minimum Gasteiger partial charge on any atom is -0.396 e. The summed E-state index contributed by atoms with van der Waals surface area (Å²) in [4.78, 5) is 18.0. The van der Waals surface area contributed by atoms with Gasteiger partial charge in [-0.3, -0.25) is 4.79 Å². The van der Waals surface area contributed by atoms with Crippen LogP contribution >= 0.6 is 0 Å². The van der Waals surface area contributed by atoms with Crippen LogP contribution in [-0.4, -0.2) is 18.1 Å². The number of fused-ring (bicyclic) bond motifs is 5. The Morgan fingerprint density at radius 3 is 2.69 bits per heavy atom. The number of unbranched alkanes of at least 4 members (excludes halogenated alkanes) is 1. The lowest BCUT2D eigenvalue weighted by molar-refractivity contribution is -0.132. The van der Waals surface area contributed by atoms with Gasteiger partial charge in [0.05, 0.1) is 5.71 Å². The predicted molar refractivity (Wildman–Crippen MR) is 105 cm³/mol. The lowest BCUT2D eigenvalue weighted by atomic mass is 9.47. The van der Waals surface area contributed by atoms with E-state index in [-0.39, 0.29) is 5.41 Å². The molecule has 0 saturated heterocycles. The molecule has 0 aromatic heterocycles. The Bertz CT molecular complexity index is 636. The van der Waals surface area contributed by atoms with Crippen molar-refractivity contribution in [1.82, 2.24) is 0 Å². The molecule has 3 heteroatoms. The third-order valence-corrected chi connectivity index (χ3v) is 8.46. The molecule has 0 spiro atoms. The van der Waals surface area contributed by atoms with Crippen molar-refractivity contribution in [2.45, 2.75) is 85.0 Å². The van der Waals surface area contributed by atoms with Crippen LogP contribution in [0.3, 0.4) is 0 Å². The Labute approximate surface area is 158 Å². The molecule has 0 radical (unpaired) electrons. The van der Waals surface area contributed by atoms with Gasteiger partial charge in [-0.15, -0.1) is 0 Å². The summed E-state index contributed by atoms with van der Waals surface area (Å²) in [5.41, 5.74) is 3.06. The minimum absolute atomic E-state index is 0.00680. The van der Waals surface area contributed by atoms with Crippen molar-refractivity contribution in [1.29, 1.82) is 0 Å². The topological polar surface area (TPSA) is 38.7 Å². The average molecular weight is 358 g/mol. The molecule has 4 aliphatic carbocycles. The first-order valence-electron chi connectivity index (χ1n) is 10.9. The summed E-state index contributed by atoms with van der Waals surface area (Å²) in [5, 5.41) is 4.42. The third kappa shape index (κ3) is 2.77. The number of rotatable bonds is 4. The standard InChI is InChI=1S/C23H35NO2/c1-4-5-14-26-24-17-10-12-22(2)16(15-17)6-7-18-19-8-9-21(25)23(19,3)13-11-20(18)22/h15,18-20H,4-14H2,1-3H3/t18?,19?,20?,22-,23-/m0/s1. The number of allylic oxidation sites excluding steroid dienone is 2. The van der Waals surface area contributed by atoms with Crippen molar-refractivity contribution in [2.75, 3.05) is 6.61 Å². The SMILES string of the molecule is CCCCON=C1C=C2CCC3C(CC[C@]4(C)C(=O)CCC34)[C@@]2(C)CC1. The Kier molecular flexibility index (Phi) is 4.77. The molecule has 3 saturated carbocycles. The Balaban J connectivity index is 1.53. The number of carbonyl (C=O) groups is 1. The summed E-state index contributed by atoms with van der Waals surface area (Å²) >= 11 is 0. The van der Waals surface area contributed by atoms with E-state index in [9.17, 15) is 4.79 Å². The normalized spacial score (nSPS) is 43.5. The summed E-state index contributed by atoms with van der Waals surface area (Å²) < 4.78 is 0. The van der Waals surface area contributed by atoms with Gasteiger partial charge in [-0.05, 0) is 80.6 Å². The largest absolute Gasteiger partial charge is 0.396 e. The highest BCUT2D eigenvalue weighted by Gasteiger charge is 2.58. The van der Waals surface area contributed by atoms with Crippen LogP contribution in [0, 0.1) is 28.6 Å². The number of ketones is 1.